The van der Waals surface area contributed by atoms with Crippen LogP contribution in [0.25, 0.3) is 0 Å². The molecule has 0 unspecified atom stereocenters. The Labute approximate surface area is 98.0 Å². The maximum absolute atomic E-state index is 13.3. The van der Waals surface area contributed by atoms with Gasteiger partial charge in [-0.1, -0.05) is 0 Å². The maximum Gasteiger partial charge on any atom is 0.265 e. The predicted molar refractivity (Wildman–Crippen MR) is 62.4 cm³/mol. The molecule has 0 spiro atoms. The van der Waals surface area contributed by atoms with Gasteiger partial charge in [-0.2, -0.15) is 9.97 Å². The fraction of sp³-hybridized carbons (Fsp3) is 0.600. The van der Waals surface area contributed by atoms with Crippen molar-refractivity contribution in [1.29, 1.82) is 0 Å². The van der Waals surface area contributed by atoms with E-state index >= 15 is 0 Å². The zero-order valence-corrected chi connectivity index (χ0v) is 9.58. The van der Waals surface area contributed by atoms with Gasteiger partial charge in [0.1, 0.15) is 11.6 Å². The first kappa shape index (κ1) is 11.8. The van der Waals surface area contributed by atoms with E-state index in [9.17, 15) is 8.78 Å². The lowest BCUT2D eigenvalue weighted by Crippen LogP contribution is -2.43. The largest absolute Gasteiger partial charge is 0.373 e. The van der Waals surface area contributed by atoms with E-state index in [1.165, 1.54) is 0 Å². The van der Waals surface area contributed by atoms with Gasteiger partial charge >= 0.3 is 0 Å². The number of nitrogens with two attached hydrogens (primary N) is 1. The minimum Gasteiger partial charge on any atom is -0.373 e. The van der Waals surface area contributed by atoms with Gasteiger partial charge < -0.3 is 16.0 Å². The van der Waals surface area contributed by atoms with E-state index < -0.39 is 5.92 Å². The first-order chi connectivity index (χ1) is 8.00. The lowest BCUT2D eigenvalue weighted by Gasteiger charge is -2.33. The molecule has 0 bridgehead atoms. The van der Waals surface area contributed by atoms with E-state index in [0.29, 0.717) is 24.6 Å². The Morgan fingerprint density at radius 1 is 1.47 bits per heavy atom. The molecule has 0 amide bonds. The molecule has 1 aromatic heterocycles. The van der Waals surface area contributed by atoms with Crippen LogP contribution in [0.2, 0.25) is 0 Å². The number of alkyl halides is 2. The van der Waals surface area contributed by atoms with Crippen molar-refractivity contribution in [3.63, 3.8) is 0 Å². The number of piperidine rings is 1. The molecule has 2 rings (SSSR count). The first-order valence-electron chi connectivity index (χ1n) is 5.45. The van der Waals surface area contributed by atoms with Crippen LogP contribution >= 0.6 is 0 Å². The second-order valence-electron chi connectivity index (χ2n) is 4.10. The molecule has 1 aromatic rings. The van der Waals surface area contributed by atoms with Crippen molar-refractivity contribution in [2.75, 3.05) is 36.1 Å². The second-order valence-corrected chi connectivity index (χ2v) is 4.10. The molecule has 0 aromatic carbocycles. The van der Waals surface area contributed by atoms with Crippen LogP contribution in [0, 0.1) is 0 Å². The minimum atomic E-state index is -2.65. The van der Waals surface area contributed by atoms with Crippen molar-refractivity contribution >= 4 is 17.6 Å². The van der Waals surface area contributed by atoms with E-state index in [1.54, 1.807) is 18.0 Å². The maximum atomic E-state index is 13.3. The summed E-state index contributed by atoms with van der Waals surface area (Å²) in [5.41, 5.74) is 5.53. The number of hydrogen-bond acceptors (Lipinski definition) is 5. The van der Waals surface area contributed by atoms with Crippen molar-refractivity contribution in [2.45, 2.75) is 18.8 Å². The van der Waals surface area contributed by atoms with Crippen molar-refractivity contribution in [3.8, 4) is 0 Å². The lowest BCUT2D eigenvalue weighted by atomic mass is 10.1. The molecule has 1 fully saturated rings. The number of anilines is 3. The fourth-order valence-corrected chi connectivity index (χ4v) is 1.90. The van der Waals surface area contributed by atoms with Crippen molar-refractivity contribution in [1.82, 2.24) is 9.97 Å². The molecule has 0 radical (unpaired) electrons. The Morgan fingerprint density at radius 3 is 2.88 bits per heavy atom. The molecule has 5 nitrogen and oxygen atoms in total. The standard InChI is InChI=1S/C10H15F2N5/c1-14-7-5-8(16-9(13)15-7)17-4-2-3-10(11,12)6-17/h5H,2-4,6H2,1H3,(H3,13,14,15,16). The van der Waals surface area contributed by atoms with Crippen LogP contribution in [0.1, 0.15) is 12.8 Å². The molecule has 94 valence electrons. The Balaban J connectivity index is 2.24. The van der Waals surface area contributed by atoms with Gasteiger partial charge in [0, 0.05) is 26.1 Å². The summed E-state index contributed by atoms with van der Waals surface area (Å²) in [7, 11) is 1.69. The van der Waals surface area contributed by atoms with Crippen LogP contribution in [0.4, 0.5) is 26.4 Å². The Kier molecular flexibility index (Phi) is 2.99. The molecular formula is C10H15F2N5. The third-order valence-corrected chi connectivity index (χ3v) is 2.70. The van der Waals surface area contributed by atoms with E-state index in [0.717, 1.165) is 0 Å². The molecule has 0 aliphatic carbocycles. The third-order valence-electron chi connectivity index (χ3n) is 2.70. The highest BCUT2D eigenvalue weighted by Gasteiger charge is 2.35. The van der Waals surface area contributed by atoms with Gasteiger partial charge in [0.25, 0.3) is 5.92 Å². The quantitative estimate of drug-likeness (QED) is 0.820. The summed E-state index contributed by atoms with van der Waals surface area (Å²) in [6.07, 6.45) is 0.384. The Bertz CT molecular complexity index is 410. The van der Waals surface area contributed by atoms with Crippen LogP contribution < -0.4 is 16.0 Å². The average Bonchev–Trinajstić information content (AvgIpc) is 2.27. The molecule has 0 atom stereocenters. The monoisotopic (exact) mass is 243 g/mol. The van der Waals surface area contributed by atoms with Crippen LogP contribution in [0.5, 0.6) is 0 Å². The molecule has 1 saturated heterocycles. The zero-order valence-electron chi connectivity index (χ0n) is 9.58. The summed E-state index contributed by atoms with van der Waals surface area (Å²) >= 11 is 0. The molecule has 7 heteroatoms. The summed E-state index contributed by atoms with van der Waals surface area (Å²) in [6, 6.07) is 1.62. The van der Waals surface area contributed by atoms with Gasteiger partial charge in [0.05, 0.1) is 6.54 Å². The van der Waals surface area contributed by atoms with Gasteiger partial charge in [-0.15, -0.1) is 0 Å². The van der Waals surface area contributed by atoms with Crippen LogP contribution in [-0.2, 0) is 0 Å². The summed E-state index contributed by atoms with van der Waals surface area (Å²) in [5, 5.41) is 2.82. The van der Waals surface area contributed by atoms with Crippen molar-refractivity contribution in [2.24, 2.45) is 0 Å². The van der Waals surface area contributed by atoms with Crippen LogP contribution in [0.3, 0.4) is 0 Å². The van der Waals surface area contributed by atoms with Crippen molar-refractivity contribution < 1.29 is 8.78 Å². The summed E-state index contributed by atoms with van der Waals surface area (Å²) < 4.78 is 26.6. The van der Waals surface area contributed by atoms with Gasteiger partial charge in [-0.25, -0.2) is 8.78 Å². The topological polar surface area (TPSA) is 67.1 Å². The first-order valence-corrected chi connectivity index (χ1v) is 5.45. The van der Waals surface area contributed by atoms with Crippen LogP contribution in [-0.4, -0.2) is 36.0 Å². The van der Waals surface area contributed by atoms with E-state index in [1.807, 2.05) is 0 Å². The molecule has 1 aliphatic heterocycles. The average molecular weight is 243 g/mol. The van der Waals surface area contributed by atoms with E-state index in [4.69, 9.17) is 5.73 Å². The van der Waals surface area contributed by atoms with Gasteiger partial charge in [-0.05, 0) is 6.42 Å². The Hall–Kier alpha value is -1.66. The van der Waals surface area contributed by atoms with Gasteiger partial charge in [0.2, 0.25) is 5.95 Å². The number of rotatable bonds is 2. The lowest BCUT2D eigenvalue weighted by molar-refractivity contribution is -0.0118. The molecule has 1 aliphatic rings. The van der Waals surface area contributed by atoms with E-state index in [-0.39, 0.29) is 18.9 Å². The number of nitrogens with one attached hydrogen (secondary N) is 1. The molecular weight excluding hydrogens is 228 g/mol. The highest BCUT2D eigenvalue weighted by Crippen LogP contribution is 2.29. The predicted octanol–water partition coefficient (Wildman–Crippen LogP) is 1.34. The van der Waals surface area contributed by atoms with Gasteiger partial charge in [-0.3, -0.25) is 0 Å². The van der Waals surface area contributed by atoms with Gasteiger partial charge in [0.15, 0.2) is 0 Å². The van der Waals surface area contributed by atoms with E-state index in [2.05, 4.69) is 15.3 Å². The zero-order chi connectivity index (χ0) is 12.5. The highest BCUT2D eigenvalue weighted by atomic mass is 19.3. The number of halogens is 2. The third kappa shape index (κ3) is 2.72. The number of nitrogens with zero attached hydrogens (tertiary/aromatic N) is 3. The fourth-order valence-electron chi connectivity index (χ4n) is 1.90. The smallest absolute Gasteiger partial charge is 0.265 e. The van der Waals surface area contributed by atoms with Crippen LogP contribution in [0.15, 0.2) is 6.07 Å². The minimum absolute atomic E-state index is 0.0665. The number of hydrogen-bond donors (Lipinski definition) is 2. The Morgan fingerprint density at radius 2 is 2.24 bits per heavy atom. The normalized spacial score (nSPS) is 19.1. The molecule has 17 heavy (non-hydrogen) atoms. The molecule has 0 saturated carbocycles. The molecule has 2 heterocycles. The summed E-state index contributed by atoms with van der Waals surface area (Å²) in [4.78, 5) is 9.46. The van der Waals surface area contributed by atoms with Crippen molar-refractivity contribution in [3.05, 3.63) is 6.07 Å². The summed E-state index contributed by atoms with van der Waals surface area (Å²) in [5.74, 6) is -1.60. The number of aromatic nitrogens is 2. The second kappa shape index (κ2) is 4.31. The highest BCUT2D eigenvalue weighted by molar-refractivity contribution is 5.52. The molecule has 3 N–H and O–H groups in total. The number of nitrogen functional groups attached to an aromatic ring is 1. The SMILES string of the molecule is CNc1cc(N2CCCC(F)(F)C2)nc(N)n1. The summed E-state index contributed by atoms with van der Waals surface area (Å²) in [6.45, 7) is 0.252.